The van der Waals surface area contributed by atoms with E-state index in [0.29, 0.717) is 25.7 Å². The fraction of sp³-hybridized carbons (Fsp3) is 0.625. The summed E-state index contributed by atoms with van der Waals surface area (Å²) in [4.78, 5) is 10.2. The van der Waals surface area contributed by atoms with Crippen LogP contribution < -0.4 is 0 Å². The standard InChI is InChI=1S/C6H11ClO3.C2H4/c1-6(8)10-5-4-9-3-2-7;1-2/h2-5H2,1H3;1-2H2. The molecule has 0 heterocycles. The molecule has 0 amide bonds. The first kappa shape index (κ1) is 14.0. The highest BCUT2D eigenvalue weighted by Crippen LogP contribution is 1.81. The largest absolute Gasteiger partial charge is 0.463 e. The lowest BCUT2D eigenvalue weighted by molar-refractivity contribution is -0.142. The van der Waals surface area contributed by atoms with Gasteiger partial charge in [-0.25, -0.2) is 0 Å². The van der Waals surface area contributed by atoms with Gasteiger partial charge in [-0.05, 0) is 0 Å². The highest BCUT2D eigenvalue weighted by atomic mass is 35.5. The number of carbonyl (C=O) groups excluding carboxylic acids is 1. The molecular formula is C8H15ClO3. The van der Waals surface area contributed by atoms with Crippen molar-refractivity contribution >= 4 is 17.6 Å². The zero-order valence-electron chi connectivity index (χ0n) is 7.35. The molecule has 0 bridgehead atoms. The quantitative estimate of drug-likeness (QED) is 0.289. The molecule has 0 aliphatic carbocycles. The van der Waals surface area contributed by atoms with Crippen molar-refractivity contribution in [3.8, 4) is 0 Å². The van der Waals surface area contributed by atoms with Crippen LogP contribution in [0.3, 0.4) is 0 Å². The molecule has 0 spiro atoms. The van der Waals surface area contributed by atoms with E-state index in [9.17, 15) is 4.79 Å². The van der Waals surface area contributed by atoms with Crippen molar-refractivity contribution in [3.05, 3.63) is 13.2 Å². The molecule has 0 N–H and O–H groups in total. The molecule has 4 heteroatoms. The normalized spacial score (nSPS) is 8.17. The number of alkyl halides is 1. The molecule has 0 saturated carbocycles. The fourth-order valence-electron chi connectivity index (χ4n) is 0.401. The Balaban J connectivity index is 0. The second-order valence-corrected chi connectivity index (χ2v) is 2.02. The smallest absolute Gasteiger partial charge is 0.302 e. The van der Waals surface area contributed by atoms with Crippen molar-refractivity contribution in [2.24, 2.45) is 0 Å². The summed E-state index contributed by atoms with van der Waals surface area (Å²) in [6, 6.07) is 0. The van der Waals surface area contributed by atoms with Gasteiger partial charge >= 0.3 is 5.97 Å². The molecular weight excluding hydrogens is 180 g/mol. The summed E-state index contributed by atoms with van der Waals surface area (Å²) in [5.74, 6) is 0.189. The van der Waals surface area contributed by atoms with E-state index in [4.69, 9.17) is 16.3 Å². The van der Waals surface area contributed by atoms with Crippen LogP contribution >= 0.6 is 11.6 Å². The predicted octanol–water partition coefficient (Wildman–Crippen LogP) is 1.61. The van der Waals surface area contributed by atoms with Crippen LogP contribution in [0.5, 0.6) is 0 Å². The molecule has 0 rings (SSSR count). The summed E-state index contributed by atoms with van der Waals surface area (Å²) in [6.07, 6.45) is 0. The monoisotopic (exact) mass is 194 g/mol. The highest BCUT2D eigenvalue weighted by molar-refractivity contribution is 6.17. The van der Waals surface area contributed by atoms with E-state index in [0.717, 1.165) is 0 Å². The Morgan fingerprint density at radius 1 is 1.33 bits per heavy atom. The average molecular weight is 195 g/mol. The Labute approximate surface area is 78.3 Å². The van der Waals surface area contributed by atoms with E-state index in [2.05, 4.69) is 17.9 Å². The first-order valence-corrected chi connectivity index (χ1v) is 4.08. The minimum Gasteiger partial charge on any atom is -0.463 e. The molecule has 0 atom stereocenters. The van der Waals surface area contributed by atoms with Gasteiger partial charge in [0.25, 0.3) is 0 Å². The fourth-order valence-corrected chi connectivity index (χ4v) is 0.510. The van der Waals surface area contributed by atoms with Gasteiger partial charge in [0.05, 0.1) is 13.2 Å². The summed E-state index contributed by atoms with van der Waals surface area (Å²) < 4.78 is 9.51. The van der Waals surface area contributed by atoms with Gasteiger partial charge in [-0.1, -0.05) is 0 Å². The molecule has 0 aromatic carbocycles. The molecule has 0 saturated heterocycles. The minimum atomic E-state index is -0.283. The van der Waals surface area contributed by atoms with Crippen molar-refractivity contribution in [3.63, 3.8) is 0 Å². The lowest BCUT2D eigenvalue weighted by Crippen LogP contribution is -2.08. The average Bonchev–Trinajstić information content (AvgIpc) is 2.07. The molecule has 0 aliphatic rings. The number of hydrogen-bond acceptors (Lipinski definition) is 3. The Bertz CT molecular complexity index is 106. The maximum Gasteiger partial charge on any atom is 0.302 e. The Morgan fingerprint density at radius 2 is 1.92 bits per heavy atom. The molecule has 72 valence electrons. The van der Waals surface area contributed by atoms with E-state index >= 15 is 0 Å². The summed E-state index contributed by atoms with van der Waals surface area (Å²) >= 11 is 5.31. The molecule has 0 fully saturated rings. The second-order valence-electron chi connectivity index (χ2n) is 1.64. The van der Waals surface area contributed by atoms with Crippen LogP contribution in [-0.2, 0) is 14.3 Å². The van der Waals surface area contributed by atoms with Gasteiger partial charge in [0.1, 0.15) is 6.61 Å². The zero-order valence-corrected chi connectivity index (χ0v) is 8.10. The number of halogens is 1. The van der Waals surface area contributed by atoms with E-state index in [1.54, 1.807) is 0 Å². The number of esters is 1. The SMILES string of the molecule is C=C.CC(=O)OCCOCCCl. The van der Waals surface area contributed by atoms with Crippen molar-refractivity contribution in [1.29, 1.82) is 0 Å². The lowest BCUT2D eigenvalue weighted by atomic mass is 10.7. The number of rotatable bonds is 5. The summed E-state index contributed by atoms with van der Waals surface area (Å²) in [5.41, 5.74) is 0. The maximum absolute atomic E-state index is 10.2. The topological polar surface area (TPSA) is 35.5 Å². The summed E-state index contributed by atoms with van der Waals surface area (Å²) in [7, 11) is 0. The molecule has 12 heavy (non-hydrogen) atoms. The van der Waals surface area contributed by atoms with Crippen LogP contribution in [0.25, 0.3) is 0 Å². The van der Waals surface area contributed by atoms with E-state index in [-0.39, 0.29) is 5.97 Å². The third kappa shape index (κ3) is 16.2. The Morgan fingerprint density at radius 3 is 2.33 bits per heavy atom. The van der Waals surface area contributed by atoms with Crippen molar-refractivity contribution in [2.45, 2.75) is 6.92 Å². The summed E-state index contributed by atoms with van der Waals surface area (Å²) in [5, 5.41) is 0. The number of hydrogen-bond donors (Lipinski definition) is 0. The van der Waals surface area contributed by atoms with Crippen molar-refractivity contribution in [1.82, 2.24) is 0 Å². The van der Waals surface area contributed by atoms with E-state index in [1.165, 1.54) is 6.92 Å². The van der Waals surface area contributed by atoms with Crippen LogP contribution in [-0.4, -0.2) is 31.7 Å². The van der Waals surface area contributed by atoms with E-state index in [1.807, 2.05) is 0 Å². The van der Waals surface area contributed by atoms with Gasteiger partial charge in [0.2, 0.25) is 0 Å². The van der Waals surface area contributed by atoms with Crippen molar-refractivity contribution < 1.29 is 14.3 Å². The summed E-state index contributed by atoms with van der Waals surface area (Å²) in [6.45, 7) is 8.60. The number of carbonyl (C=O) groups is 1. The molecule has 0 aromatic heterocycles. The molecule has 3 nitrogen and oxygen atoms in total. The molecule has 0 radical (unpaired) electrons. The Kier molecular flexibility index (Phi) is 15.3. The molecule has 0 aromatic rings. The van der Waals surface area contributed by atoms with Crippen molar-refractivity contribution in [2.75, 3.05) is 25.7 Å². The highest BCUT2D eigenvalue weighted by Gasteiger charge is 1.90. The third-order valence-electron chi connectivity index (χ3n) is 0.754. The van der Waals surface area contributed by atoms with Crippen LogP contribution in [0.2, 0.25) is 0 Å². The van der Waals surface area contributed by atoms with Crippen LogP contribution in [0.1, 0.15) is 6.92 Å². The molecule has 0 aliphatic heterocycles. The van der Waals surface area contributed by atoms with Crippen LogP contribution in [0.15, 0.2) is 13.2 Å². The predicted molar refractivity (Wildman–Crippen MR) is 49.4 cm³/mol. The van der Waals surface area contributed by atoms with Gasteiger partial charge in [-0.3, -0.25) is 4.79 Å². The molecule has 0 unspecified atom stereocenters. The zero-order chi connectivity index (χ0) is 9.82. The van der Waals surface area contributed by atoms with Crippen LogP contribution in [0.4, 0.5) is 0 Å². The van der Waals surface area contributed by atoms with Gasteiger partial charge in [0.15, 0.2) is 0 Å². The second kappa shape index (κ2) is 13.1. The Hall–Kier alpha value is -0.540. The van der Waals surface area contributed by atoms with Gasteiger partial charge in [0, 0.05) is 12.8 Å². The third-order valence-corrected chi connectivity index (χ3v) is 0.909. The maximum atomic E-state index is 10.2. The minimum absolute atomic E-state index is 0.283. The van der Waals surface area contributed by atoms with Gasteiger partial charge < -0.3 is 9.47 Å². The van der Waals surface area contributed by atoms with Gasteiger partial charge in [-0.15, -0.1) is 24.8 Å². The lowest BCUT2D eigenvalue weighted by Gasteiger charge is -2.01. The van der Waals surface area contributed by atoms with E-state index < -0.39 is 0 Å². The van der Waals surface area contributed by atoms with Gasteiger partial charge in [-0.2, -0.15) is 0 Å². The first-order chi connectivity index (χ1) is 5.77. The first-order valence-electron chi connectivity index (χ1n) is 3.54. The number of ether oxygens (including phenoxy) is 2. The van der Waals surface area contributed by atoms with Crippen LogP contribution in [0, 0.1) is 0 Å².